The van der Waals surface area contributed by atoms with Crippen LogP contribution in [0.5, 0.6) is 5.75 Å². The molecule has 2 rings (SSSR count). The van der Waals surface area contributed by atoms with Crippen molar-refractivity contribution in [3.8, 4) is 16.9 Å². The lowest BCUT2D eigenvalue weighted by Crippen LogP contribution is -2.13. The van der Waals surface area contributed by atoms with Crippen LogP contribution in [0.4, 0.5) is 0 Å². The van der Waals surface area contributed by atoms with Crippen LogP contribution in [0, 0.1) is 3.57 Å². The van der Waals surface area contributed by atoms with Gasteiger partial charge in [-0.3, -0.25) is 0 Å². The van der Waals surface area contributed by atoms with Gasteiger partial charge in [-0.25, -0.2) is 0 Å². The molecule has 3 heteroatoms. The van der Waals surface area contributed by atoms with Crippen molar-refractivity contribution in [2.45, 2.75) is 83.2 Å². The van der Waals surface area contributed by atoms with E-state index in [1.807, 2.05) is 0 Å². The quantitative estimate of drug-likeness (QED) is 0.146. The fourth-order valence-electron chi connectivity index (χ4n) is 3.80. The third-order valence-corrected chi connectivity index (χ3v) is 8.35. The van der Waals surface area contributed by atoms with Crippen molar-refractivity contribution in [3.05, 3.63) is 51.6 Å². The van der Waals surface area contributed by atoms with Crippen LogP contribution >= 0.6 is 22.6 Å². The maximum Gasteiger partial charge on any atom is 0.122 e. The number of hydrogen-bond donors (Lipinski definition) is 0. The molecule has 2 aromatic carbocycles. The van der Waals surface area contributed by atoms with E-state index in [0.717, 1.165) is 21.7 Å². The van der Waals surface area contributed by atoms with Crippen LogP contribution in [0.2, 0.25) is 11.1 Å². The van der Waals surface area contributed by atoms with Crippen LogP contribution in [0.3, 0.4) is 0 Å². The van der Waals surface area contributed by atoms with Crippen molar-refractivity contribution in [3.63, 3.8) is 0 Å². The normalized spacial score (nSPS) is 11.6. The fourth-order valence-corrected chi connectivity index (χ4v) is 5.88. The number of hydrogen-bond acceptors (Lipinski definition) is 1. The molecule has 0 aliphatic carbocycles. The van der Waals surface area contributed by atoms with Crippen LogP contribution in [-0.4, -0.2) is 16.6 Å². The Bertz CT molecular complexity index is 741. The molecule has 1 nitrogen and oxygen atoms in total. The zero-order valence-electron chi connectivity index (χ0n) is 18.7. The standard InChI is InChI=1S/C26H37IOSi/c1-5-6-7-8-11-18-26(2,3)29-19-12-13-22-20-21(16-17-25(22)28-4)23-14-9-10-15-24(23)27/h9-10,14-17,20H,5-8,11-13,18-19H2,1-4H3. The molecule has 2 aromatic rings. The van der Waals surface area contributed by atoms with Gasteiger partial charge in [-0.2, -0.15) is 0 Å². The minimum Gasteiger partial charge on any atom is -0.496 e. The van der Waals surface area contributed by atoms with Crippen molar-refractivity contribution in [1.29, 1.82) is 0 Å². The monoisotopic (exact) mass is 520 g/mol. The number of benzene rings is 2. The second-order valence-corrected chi connectivity index (χ2v) is 12.0. The van der Waals surface area contributed by atoms with Crippen LogP contribution in [-0.2, 0) is 6.42 Å². The minimum atomic E-state index is 0.498. The SMILES string of the molecule is CCCCCCCC(C)(C)[Si]CCCc1cc(-c2ccccc2I)ccc1OC. The number of methoxy groups -OCH3 is 1. The first-order valence-electron chi connectivity index (χ1n) is 11.1. The number of halogens is 1. The fraction of sp³-hybridized carbons (Fsp3) is 0.538. The lowest BCUT2D eigenvalue weighted by Gasteiger charge is -2.24. The molecule has 0 aromatic heterocycles. The molecule has 0 aliphatic rings. The predicted molar refractivity (Wildman–Crippen MR) is 137 cm³/mol. The van der Waals surface area contributed by atoms with Gasteiger partial charge in [0.2, 0.25) is 0 Å². The summed E-state index contributed by atoms with van der Waals surface area (Å²) in [5.74, 6) is 1.03. The van der Waals surface area contributed by atoms with Gasteiger partial charge in [-0.05, 0) is 68.9 Å². The summed E-state index contributed by atoms with van der Waals surface area (Å²) in [6.07, 6.45) is 10.6. The average molecular weight is 521 g/mol. The molecule has 0 amide bonds. The second-order valence-electron chi connectivity index (χ2n) is 8.58. The van der Waals surface area contributed by atoms with E-state index in [2.05, 4.69) is 85.8 Å². The minimum absolute atomic E-state index is 0.498. The molecule has 0 spiro atoms. The van der Waals surface area contributed by atoms with E-state index in [1.54, 1.807) is 7.11 Å². The average Bonchev–Trinajstić information content (AvgIpc) is 2.71. The van der Waals surface area contributed by atoms with Crippen LogP contribution in [0.15, 0.2) is 42.5 Å². The lowest BCUT2D eigenvalue weighted by atomic mass is 10.0. The third-order valence-electron chi connectivity index (χ3n) is 5.60. The summed E-state index contributed by atoms with van der Waals surface area (Å²) in [5, 5.41) is 0.498. The van der Waals surface area contributed by atoms with Crippen molar-refractivity contribution in [1.82, 2.24) is 0 Å². The number of ether oxygens (including phenoxy) is 1. The lowest BCUT2D eigenvalue weighted by molar-refractivity contribution is 0.409. The molecule has 0 atom stereocenters. The van der Waals surface area contributed by atoms with Crippen molar-refractivity contribution in [2.24, 2.45) is 0 Å². The molecule has 158 valence electrons. The Balaban J connectivity index is 1.88. The maximum absolute atomic E-state index is 5.65. The van der Waals surface area contributed by atoms with Gasteiger partial charge in [-0.1, -0.05) is 96.0 Å². The van der Waals surface area contributed by atoms with Gasteiger partial charge in [0.05, 0.1) is 7.11 Å². The summed E-state index contributed by atoms with van der Waals surface area (Å²) in [5.41, 5.74) is 3.94. The molecule has 0 saturated carbocycles. The topological polar surface area (TPSA) is 9.23 Å². The molecule has 0 N–H and O–H groups in total. The smallest absolute Gasteiger partial charge is 0.122 e. The van der Waals surface area contributed by atoms with Crippen molar-refractivity contribution < 1.29 is 4.74 Å². The highest BCUT2D eigenvalue weighted by atomic mass is 127. The van der Waals surface area contributed by atoms with Crippen LogP contribution < -0.4 is 4.74 Å². The number of rotatable bonds is 13. The third kappa shape index (κ3) is 8.45. The Labute approximate surface area is 195 Å². The van der Waals surface area contributed by atoms with E-state index in [4.69, 9.17) is 4.74 Å². The van der Waals surface area contributed by atoms with Gasteiger partial charge in [-0.15, -0.1) is 0 Å². The van der Waals surface area contributed by atoms with E-state index in [9.17, 15) is 0 Å². The summed E-state index contributed by atoms with van der Waals surface area (Å²) in [6, 6.07) is 16.6. The molecule has 0 heterocycles. The van der Waals surface area contributed by atoms with Crippen LogP contribution in [0.1, 0.15) is 71.3 Å². The largest absolute Gasteiger partial charge is 0.496 e. The zero-order valence-corrected chi connectivity index (χ0v) is 21.8. The molecular weight excluding hydrogens is 483 g/mol. The maximum atomic E-state index is 5.65. The Morgan fingerprint density at radius 3 is 2.45 bits per heavy atom. The summed E-state index contributed by atoms with van der Waals surface area (Å²) < 4.78 is 6.94. The Morgan fingerprint density at radius 2 is 1.72 bits per heavy atom. The van der Waals surface area contributed by atoms with Gasteiger partial charge >= 0.3 is 0 Å². The summed E-state index contributed by atoms with van der Waals surface area (Å²) >= 11 is 2.42. The summed E-state index contributed by atoms with van der Waals surface area (Å²) in [4.78, 5) is 0. The van der Waals surface area contributed by atoms with Gasteiger partial charge in [0.15, 0.2) is 0 Å². The Hall–Kier alpha value is -0.813. The zero-order chi connectivity index (χ0) is 21.1. The van der Waals surface area contributed by atoms with Crippen molar-refractivity contribution >= 4 is 32.1 Å². The summed E-state index contributed by atoms with van der Waals surface area (Å²) in [6.45, 7) is 7.21. The van der Waals surface area contributed by atoms with Crippen LogP contribution in [0.25, 0.3) is 11.1 Å². The highest BCUT2D eigenvalue weighted by Crippen LogP contribution is 2.33. The van der Waals surface area contributed by atoms with Gasteiger partial charge in [0, 0.05) is 13.1 Å². The van der Waals surface area contributed by atoms with E-state index in [0.29, 0.717) is 5.04 Å². The van der Waals surface area contributed by atoms with E-state index in [-0.39, 0.29) is 0 Å². The first kappa shape index (κ1) is 24.5. The van der Waals surface area contributed by atoms with E-state index in [1.165, 1.54) is 71.3 Å². The first-order valence-corrected chi connectivity index (χ1v) is 13.4. The first-order chi connectivity index (χ1) is 14.0. The molecule has 0 unspecified atom stereocenters. The van der Waals surface area contributed by atoms with E-state index >= 15 is 0 Å². The summed E-state index contributed by atoms with van der Waals surface area (Å²) in [7, 11) is 2.83. The highest BCUT2D eigenvalue weighted by molar-refractivity contribution is 14.1. The van der Waals surface area contributed by atoms with Gasteiger partial charge < -0.3 is 4.74 Å². The Kier molecular flexibility index (Phi) is 10.8. The molecular formula is C26H37IOSi. The highest BCUT2D eigenvalue weighted by Gasteiger charge is 2.18. The molecule has 0 saturated heterocycles. The van der Waals surface area contributed by atoms with E-state index < -0.39 is 0 Å². The predicted octanol–water partition coefficient (Wildman–Crippen LogP) is 8.58. The Morgan fingerprint density at radius 1 is 0.966 bits per heavy atom. The molecule has 0 aliphatic heterocycles. The van der Waals surface area contributed by atoms with Gasteiger partial charge in [0.1, 0.15) is 5.75 Å². The second kappa shape index (κ2) is 12.8. The van der Waals surface area contributed by atoms with Gasteiger partial charge in [0.25, 0.3) is 0 Å². The molecule has 29 heavy (non-hydrogen) atoms. The number of unbranched alkanes of at least 4 members (excludes halogenated alkanes) is 4. The number of aryl methyl sites for hydroxylation is 1. The molecule has 0 fully saturated rings. The molecule has 0 bridgehead atoms. The van der Waals surface area contributed by atoms with Crippen molar-refractivity contribution in [2.75, 3.05) is 7.11 Å². The molecule has 2 radical (unpaired) electrons.